The van der Waals surface area contributed by atoms with Crippen molar-refractivity contribution >= 4 is 17.3 Å². The molecule has 4 atom stereocenters. The summed E-state index contributed by atoms with van der Waals surface area (Å²) in [5, 5.41) is 20.2. The Morgan fingerprint density at radius 2 is 1.39 bits per heavy atom. The number of ether oxygens (including phenoxy) is 1. The molecule has 1 aromatic rings. The third-order valence-electron chi connectivity index (χ3n) is 10.7. The van der Waals surface area contributed by atoms with E-state index in [0.29, 0.717) is 25.7 Å². The molecule has 6 nitrogen and oxygen atoms in total. The van der Waals surface area contributed by atoms with E-state index in [0.717, 1.165) is 5.57 Å². The fourth-order valence-corrected chi connectivity index (χ4v) is 7.72. The highest BCUT2D eigenvalue weighted by Gasteiger charge is 2.74. The monoisotopic (exact) mass is 602 g/mol. The van der Waals surface area contributed by atoms with E-state index in [2.05, 4.69) is 39.8 Å². The summed E-state index contributed by atoms with van der Waals surface area (Å²) in [6, 6.07) is 3.81. The highest BCUT2D eigenvalue weighted by Crippen LogP contribution is 2.69. The average Bonchev–Trinajstić information content (AvgIpc) is 2.91. The topological polar surface area (TPSA) is 101 Å². The van der Waals surface area contributed by atoms with Crippen molar-refractivity contribution < 1.29 is 29.3 Å². The first-order valence-corrected chi connectivity index (χ1v) is 15.8. The molecule has 2 bridgehead atoms. The number of ketones is 3. The minimum absolute atomic E-state index is 0.0251. The predicted octanol–water partition coefficient (Wildman–Crippen LogP) is 8.59. The number of phenols is 2. The van der Waals surface area contributed by atoms with Gasteiger partial charge < -0.3 is 14.9 Å². The maximum atomic E-state index is 15.3. The standard InChI is InChI=1S/C38H50O6/c1-22(2)11-14-26-20-37-21-27(15-12-23(3)4)36(9,10)44-33(37)30(31(41)25-13-16-28(39)29(40)19-25)32(42)38(34(37)43,35(26,7)8)18-17-24(5)6/h11-13,16-17,19,26-27,39-40H,14-15,18,20-21H2,1-10H3/t26-,27+,37+,38+/m0/s1. The smallest absolute Gasteiger partial charge is 0.200 e. The van der Waals surface area contributed by atoms with Crippen LogP contribution in [0.1, 0.15) is 112 Å². The maximum absolute atomic E-state index is 15.3. The second kappa shape index (κ2) is 11.5. The molecule has 6 heteroatoms. The van der Waals surface area contributed by atoms with Gasteiger partial charge in [0.1, 0.15) is 22.3 Å². The lowest BCUT2D eigenvalue weighted by Gasteiger charge is -2.64. The number of phenolic OH excluding ortho intramolecular Hbond substituents is 2. The van der Waals surface area contributed by atoms with Crippen LogP contribution in [0.25, 0.3) is 0 Å². The summed E-state index contributed by atoms with van der Waals surface area (Å²) in [5.41, 5.74) is -0.866. The number of allylic oxidation sites excluding steroid dienone is 8. The molecule has 2 N–H and O–H groups in total. The molecule has 2 fully saturated rings. The first-order valence-electron chi connectivity index (χ1n) is 15.8. The lowest BCUT2D eigenvalue weighted by molar-refractivity contribution is -0.188. The van der Waals surface area contributed by atoms with Gasteiger partial charge in [0.2, 0.25) is 0 Å². The summed E-state index contributed by atoms with van der Waals surface area (Å²) >= 11 is 0. The molecule has 1 saturated carbocycles. The number of benzene rings is 1. The highest BCUT2D eigenvalue weighted by atomic mass is 16.5. The fraction of sp³-hybridized carbons (Fsp3) is 0.553. The van der Waals surface area contributed by atoms with Crippen LogP contribution in [-0.4, -0.2) is 33.2 Å². The summed E-state index contributed by atoms with van der Waals surface area (Å²) in [4.78, 5) is 44.9. The van der Waals surface area contributed by atoms with Crippen molar-refractivity contribution in [2.24, 2.45) is 28.1 Å². The Hall–Kier alpha value is -3.41. The third kappa shape index (κ3) is 5.28. The van der Waals surface area contributed by atoms with Gasteiger partial charge in [0.05, 0.1) is 5.41 Å². The summed E-state index contributed by atoms with van der Waals surface area (Å²) in [6.07, 6.45) is 8.89. The maximum Gasteiger partial charge on any atom is 0.200 e. The van der Waals surface area contributed by atoms with Gasteiger partial charge >= 0.3 is 0 Å². The van der Waals surface area contributed by atoms with E-state index in [1.807, 2.05) is 47.6 Å². The van der Waals surface area contributed by atoms with Crippen LogP contribution in [0.2, 0.25) is 0 Å². The normalized spacial score (nSPS) is 28.4. The van der Waals surface area contributed by atoms with Crippen LogP contribution < -0.4 is 0 Å². The van der Waals surface area contributed by atoms with E-state index in [1.54, 1.807) is 0 Å². The van der Waals surface area contributed by atoms with Gasteiger partial charge in [0.15, 0.2) is 28.8 Å². The third-order valence-corrected chi connectivity index (χ3v) is 10.7. The molecule has 3 aliphatic rings. The summed E-state index contributed by atoms with van der Waals surface area (Å²) in [7, 11) is 0. The molecule has 1 heterocycles. The highest BCUT2D eigenvalue weighted by molar-refractivity contribution is 6.35. The molecule has 0 amide bonds. The number of carbonyl (C=O) groups excluding carboxylic acids is 3. The van der Waals surface area contributed by atoms with Gasteiger partial charge in [-0.15, -0.1) is 0 Å². The molecule has 2 aliphatic carbocycles. The number of hydrogen-bond acceptors (Lipinski definition) is 6. The number of carbonyl (C=O) groups is 3. The number of fused-ring (bicyclic) bond motifs is 1. The van der Waals surface area contributed by atoms with Crippen LogP contribution >= 0.6 is 0 Å². The van der Waals surface area contributed by atoms with Crippen molar-refractivity contribution in [1.82, 2.24) is 0 Å². The Labute approximate surface area is 263 Å². The second-order valence-corrected chi connectivity index (χ2v) is 15.1. The zero-order chi connectivity index (χ0) is 33.0. The van der Waals surface area contributed by atoms with Crippen molar-refractivity contribution in [2.75, 3.05) is 0 Å². The number of aromatic hydroxyl groups is 2. The van der Waals surface area contributed by atoms with E-state index in [4.69, 9.17) is 4.74 Å². The lowest BCUT2D eigenvalue weighted by Crippen LogP contribution is -2.69. The molecule has 1 aliphatic heterocycles. The summed E-state index contributed by atoms with van der Waals surface area (Å²) in [6.45, 7) is 20.1. The zero-order valence-corrected chi connectivity index (χ0v) is 28.2. The van der Waals surface area contributed by atoms with Crippen LogP contribution in [0.4, 0.5) is 0 Å². The van der Waals surface area contributed by atoms with Crippen molar-refractivity contribution in [3.05, 3.63) is 70.0 Å². The second-order valence-electron chi connectivity index (χ2n) is 15.1. The van der Waals surface area contributed by atoms with Gasteiger partial charge in [-0.3, -0.25) is 14.4 Å². The van der Waals surface area contributed by atoms with Crippen LogP contribution in [0.5, 0.6) is 11.5 Å². The van der Waals surface area contributed by atoms with Gasteiger partial charge in [-0.1, -0.05) is 48.8 Å². The zero-order valence-electron chi connectivity index (χ0n) is 28.2. The quantitative estimate of drug-likeness (QED) is 0.102. The van der Waals surface area contributed by atoms with Gasteiger partial charge in [-0.25, -0.2) is 0 Å². The van der Waals surface area contributed by atoms with Gasteiger partial charge in [-0.05, 0) is 117 Å². The molecule has 0 aromatic heterocycles. The molecular formula is C38H50O6. The van der Waals surface area contributed by atoms with Gasteiger partial charge in [0.25, 0.3) is 0 Å². The molecule has 44 heavy (non-hydrogen) atoms. The Morgan fingerprint density at radius 3 is 1.93 bits per heavy atom. The molecule has 238 valence electrons. The number of Topliss-reactive ketones (excluding diaryl/α,β-unsaturated/α-hetero) is 3. The van der Waals surface area contributed by atoms with E-state index >= 15 is 9.59 Å². The Kier molecular flexibility index (Phi) is 8.75. The minimum atomic E-state index is -1.48. The first kappa shape index (κ1) is 33.5. The van der Waals surface area contributed by atoms with Crippen LogP contribution in [-0.2, 0) is 14.3 Å². The van der Waals surface area contributed by atoms with Crippen molar-refractivity contribution in [3.63, 3.8) is 0 Å². The molecule has 1 spiro atoms. The molecule has 1 aromatic carbocycles. The molecule has 0 unspecified atom stereocenters. The van der Waals surface area contributed by atoms with Crippen molar-refractivity contribution in [2.45, 2.75) is 107 Å². The molecular weight excluding hydrogens is 552 g/mol. The van der Waals surface area contributed by atoms with E-state index in [9.17, 15) is 15.0 Å². The van der Waals surface area contributed by atoms with Gasteiger partial charge in [0, 0.05) is 11.5 Å². The van der Waals surface area contributed by atoms with Crippen molar-refractivity contribution in [3.8, 4) is 11.5 Å². The molecule has 1 saturated heterocycles. The Morgan fingerprint density at radius 1 is 0.841 bits per heavy atom. The van der Waals surface area contributed by atoms with Crippen LogP contribution in [0, 0.1) is 28.1 Å². The SMILES string of the molecule is CC(C)=CC[C@@H]1C[C@]23C[C@H](CC=C(C)C)C(C)(C)[C@](CC=C(C)C)(C(=O)C(C(=O)c4ccc(O)c(O)c4)=C2OC1(C)C)C3=O. The van der Waals surface area contributed by atoms with Crippen LogP contribution in [0.15, 0.2) is 64.5 Å². The summed E-state index contributed by atoms with van der Waals surface area (Å²) in [5.74, 6) is -1.93. The fourth-order valence-electron chi connectivity index (χ4n) is 7.72. The lowest BCUT2D eigenvalue weighted by atomic mass is 9.39. The van der Waals surface area contributed by atoms with E-state index in [-0.39, 0.29) is 46.7 Å². The largest absolute Gasteiger partial charge is 0.504 e. The van der Waals surface area contributed by atoms with E-state index in [1.165, 1.54) is 29.3 Å². The Balaban J connectivity index is 2.10. The summed E-state index contributed by atoms with van der Waals surface area (Å²) < 4.78 is 6.81. The first-order chi connectivity index (χ1) is 20.3. The van der Waals surface area contributed by atoms with Gasteiger partial charge in [-0.2, -0.15) is 0 Å². The number of hydrogen-bond donors (Lipinski definition) is 2. The van der Waals surface area contributed by atoms with Crippen LogP contribution in [0.3, 0.4) is 0 Å². The predicted molar refractivity (Wildman–Crippen MR) is 173 cm³/mol. The number of rotatable bonds is 8. The molecule has 0 radical (unpaired) electrons. The van der Waals surface area contributed by atoms with Crippen molar-refractivity contribution in [1.29, 1.82) is 0 Å². The van der Waals surface area contributed by atoms with E-state index < -0.39 is 39.2 Å². The Bertz CT molecular complexity index is 1500. The minimum Gasteiger partial charge on any atom is -0.504 e. The molecule has 4 rings (SSSR count). The average molecular weight is 603 g/mol.